The van der Waals surface area contributed by atoms with Gasteiger partial charge in [0.25, 0.3) is 0 Å². The van der Waals surface area contributed by atoms with E-state index in [0.29, 0.717) is 0 Å². The zero-order valence-corrected chi connectivity index (χ0v) is 36.5. The van der Waals surface area contributed by atoms with E-state index in [0.717, 1.165) is 35.1 Å². The van der Waals surface area contributed by atoms with E-state index in [-0.39, 0.29) is 16.5 Å². The Bertz CT molecular complexity index is 946. The van der Waals surface area contributed by atoms with Gasteiger partial charge < -0.3 is 19.9 Å². The number of hydrogen-bond acceptors (Lipinski definition) is 2. The van der Waals surface area contributed by atoms with Crippen LogP contribution in [0.3, 0.4) is 0 Å². The van der Waals surface area contributed by atoms with Crippen molar-refractivity contribution in [2.24, 2.45) is 0 Å². The van der Waals surface area contributed by atoms with Crippen molar-refractivity contribution in [3.63, 3.8) is 0 Å². The summed E-state index contributed by atoms with van der Waals surface area (Å²) in [5.74, 6) is 0. The van der Waals surface area contributed by atoms with E-state index < -0.39 is 0 Å². The molecule has 0 aliphatic rings. The van der Waals surface area contributed by atoms with E-state index >= 15 is 0 Å². The monoisotopic (exact) mass is 741 g/mol. The molecule has 0 atom stereocenters. The molecule has 310 valence electrons. The van der Waals surface area contributed by atoms with Crippen LogP contribution in [0.25, 0.3) is 0 Å². The minimum absolute atomic E-state index is 0. The lowest BCUT2D eigenvalue weighted by Gasteiger charge is -2.50. The number of benzene rings is 1. The molecular weight excluding hydrogens is 649 g/mol. The van der Waals surface area contributed by atoms with Crippen LogP contribution in [0.4, 0.5) is 0 Å². The van der Waals surface area contributed by atoms with E-state index in [2.05, 4.69) is 92.4 Å². The van der Waals surface area contributed by atoms with Crippen LogP contribution in [-0.2, 0) is 12.0 Å². The highest BCUT2D eigenvalue weighted by atomic mass is 16.0. The van der Waals surface area contributed by atoms with Crippen molar-refractivity contribution in [1.29, 1.82) is 0 Å². The van der Waals surface area contributed by atoms with Gasteiger partial charge in [-0.25, -0.2) is 0 Å². The Morgan fingerprint density at radius 3 is 1.23 bits per heavy atom. The van der Waals surface area contributed by atoms with Gasteiger partial charge in [0.15, 0.2) is 0 Å². The number of nitrogens with zero attached hydrogens (tertiary/aromatic N) is 2. The van der Waals surface area contributed by atoms with E-state index in [4.69, 9.17) is 0 Å². The summed E-state index contributed by atoms with van der Waals surface area (Å²) in [6, 6.07) is 9.57. The van der Waals surface area contributed by atoms with E-state index in [9.17, 15) is 0 Å². The summed E-state index contributed by atoms with van der Waals surface area (Å²) in [4.78, 5) is 0. The molecule has 0 aliphatic heterocycles. The van der Waals surface area contributed by atoms with Crippen molar-refractivity contribution < 1.29 is 19.9 Å². The number of hydrogen-bond donors (Lipinski definition) is 0. The molecule has 0 unspecified atom stereocenters. The minimum Gasteiger partial charge on any atom is -0.870 e. The molecule has 0 spiro atoms. The van der Waals surface area contributed by atoms with Crippen LogP contribution in [0.2, 0.25) is 0 Å². The normalized spacial score (nSPS) is 11.4. The number of rotatable bonds is 34. The summed E-state index contributed by atoms with van der Waals surface area (Å²) in [6.07, 6.45) is 39.7. The molecule has 2 N–H and O–H groups in total. The summed E-state index contributed by atoms with van der Waals surface area (Å²) >= 11 is 0. The molecule has 0 saturated heterocycles. The first-order valence-electron chi connectivity index (χ1n) is 21.9. The predicted octanol–water partition coefficient (Wildman–Crippen LogP) is 14.4. The molecule has 4 heteroatoms. The third-order valence-electron chi connectivity index (χ3n) is 11.5. The lowest BCUT2D eigenvalue weighted by Crippen LogP contribution is -2.58. The molecule has 1 aromatic rings. The second-order valence-corrected chi connectivity index (χ2v) is 16.2. The summed E-state index contributed by atoms with van der Waals surface area (Å²) in [7, 11) is 5.15. The van der Waals surface area contributed by atoms with Crippen LogP contribution in [0.1, 0.15) is 180 Å². The molecule has 0 amide bonds. The van der Waals surface area contributed by atoms with Gasteiger partial charge in [0.2, 0.25) is 0 Å². The summed E-state index contributed by atoms with van der Waals surface area (Å²) in [6.45, 7) is 29.5. The highest BCUT2D eigenvalue weighted by Crippen LogP contribution is 2.44. The fourth-order valence-corrected chi connectivity index (χ4v) is 8.28. The lowest BCUT2D eigenvalue weighted by atomic mass is 9.75. The number of unbranched alkanes of at least 4 members (excludes halogenated alkanes) is 16. The van der Waals surface area contributed by atoms with E-state index in [1.807, 2.05) is 24.3 Å². The summed E-state index contributed by atoms with van der Waals surface area (Å²) < 4.78 is 2.06. The largest absolute Gasteiger partial charge is 0.870 e. The van der Waals surface area contributed by atoms with Crippen molar-refractivity contribution in [1.82, 2.24) is 0 Å². The fourth-order valence-electron chi connectivity index (χ4n) is 8.28. The first-order chi connectivity index (χ1) is 24.7. The Labute approximate surface area is 332 Å². The zero-order chi connectivity index (χ0) is 38.1. The third-order valence-corrected chi connectivity index (χ3v) is 11.5. The molecule has 0 radical (unpaired) electrons. The summed E-state index contributed by atoms with van der Waals surface area (Å²) in [5.41, 5.74) is 3.58. The Balaban J connectivity index is -0.00000142. The third kappa shape index (κ3) is 22.9. The topological polar surface area (TPSA) is 60.0 Å². The molecule has 0 fully saturated rings. The zero-order valence-electron chi connectivity index (χ0n) is 36.5. The Kier molecular flexibility index (Phi) is 37.3. The van der Waals surface area contributed by atoms with Gasteiger partial charge in [0, 0.05) is 18.4 Å². The molecule has 0 saturated carbocycles. The first-order valence-corrected chi connectivity index (χ1v) is 21.9. The van der Waals surface area contributed by atoms with Gasteiger partial charge in [-0.15, -0.1) is 0 Å². The van der Waals surface area contributed by atoms with Crippen molar-refractivity contribution >= 4 is 0 Å². The highest BCUT2D eigenvalue weighted by Gasteiger charge is 2.46. The van der Waals surface area contributed by atoms with Gasteiger partial charge >= 0.3 is 0 Å². The van der Waals surface area contributed by atoms with Gasteiger partial charge in [0.1, 0.15) is 5.54 Å². The molecule has 4 nitrogen and oxygen atoms in total. The van der Waals surface area contributed by atoms with Crippen molar-refractivity contribution in [3.05, 3.63) is 86.0 Å². The van der Waals surface area contributed by atoms with Gasteiger partial charge in [0.05, 0.1) is 46.8 Å². The average molecular weight is 741 g/mol. The van der Waals surface area contributed by atoms with Gasteiger partial charge in [-0.1, -0.05) is 175 Å². The molecule has 0 bridgehead atoms. The molecule has 0 aliphatic carbocycles. The predicted molar refractivity (Wildman–Crippen MR) is 237 cm³/mol. The number of quaternary nitrogens is 2. The Morgan fingerprint density at radius 1 is 0.491 bits per heavy atom. The molecular formula is C49H92N2O2. The maximum Gasteiger partial charge on any atom is 0.125 e. The molecule has 53 heavy (non-hydrogen) atoms. The van der Waals surface area contributed by atoms with Crippen LogP contribution in [-0.4, -0.2) is 66.7 Å². The van der Waals surface area contributed by atoms with Crippen LogP contribution < -0.4 is 0 Å². The SMILES string of the molecule is C=CC[N+](CC=C)(CC=C)CC=C.CCCCCCCCCCCCCCCC[N+](C)(C)C(CCCC)(CCCC)c1ccccc1CCCC.[OH-].[OH-]. The van der Waals surface area contributed by atoms with E-state index in [1.165, 1.54) is 154 Å². The fraction of sp³-hybridized carbons (Fsp3) is 0.714. The molecule has 1 rings (SSSR count). The van der Waals surface area contributed by atoms with Crippen molar-refractivity contribution in [3.8, 4) is 0 Å². The lowest BCUT2D eigenvalue weighted by molar-refractivity contribution is -0.951. The van der Waals surface area contributed by atoms with Crippen LogP contribution in [0.15, 0.2) is 74.9 Å². The second-order valence-electron chi connectivity index (χ2n) is 16.2. The van der Waals surface area contributed by atoms with Gasteiger partial charge in [-0.2, -0.15) is 0 Å². The van der Waals surface area contributed by atoms with Crippen LogP contribution >= 0.6 is 0 Å². The average Bonchev–Trinajstić information content (AvgIpc) is 3.12. The van der Waals surface area contributed by atoms with Crippen molar-refractivity contribution in [2.45, 2.75) is 181 Å². The smallest absolute Gasteiger partial charge is 0.125 e. The summed E-state index contributed by atoms with van der Waals surface area (Å²) in [5, 5.41) is 0. The Hall–Kier alpha value is -1.98. The van der Waals surface area contributed by atoms with Gasteiger partial charge in [-0.05, 0) is 68.4 Å². The molecule has 1 aromatic carbocycles. The Morgan fingerprint density at radius 2 is 0.849 bits per heavy atom. The maximum atomic E-state index is 3.77. The quantitative estimate of drug-likeness (QED) is 0.0401. The second kappa shape index (κ2) is 35.7. The molecule has 0 heterocycles. The van der Waals surface area contributed by atoms with Crippen LogP contribution in [0.5, 0.6) is 0 Å². The molecule has 0 aromatic heterocycles. The van der Waals surface area contributed by atoms with E-state index in [1.54, 1.807) is 11.1 Å². The maximum absolute atomic E-state index is 3.77. The minimum atomic E-state index is 0. The first kappa shape index (κ1) is 55.4. The standard InChI is InChI=1S/C37H70N.C12H20N.2H2O/c1-7-11-15-16-17-18-19-20-21-22-23-24-25-28-34-38(5,6)37(32-13-9-3,33-14-10-4)36-31-27-26-30-35(36)29-12-8-2;1-5-9-13(10-6-2,11-7-3)12-8-4;;/h26-27,30-31H,7-25,28-29,32-34H2,1-6H3;5-8H,1-4,9-12H2;2*1H2/q2*+1;;/p-2. The van der Waals surface area contributed by atoms with Crippen molar-refractivity contribution in [2.75, 3.05) is 46.8 Å². The van der Waals surface area contributed by atoms with Gasteiger partial charge in [-0.3, -0.25) is 0 Å². The highest BCUT2D eigenvalue weighted by molar-refractivity contribution is 5.33. The van der Waals surface area contributed by atoms with Crippen LogP contribution in [0, 0.1) is 0 Å². The number of aryl methyl sites for hydroxylation is 1.